The summed E-state index contributed by atoms with van der Waals surface area (Å²) in [7, 11) is 3.09. The predicted octanol–water partition coefficient (Wildman–Crippen LogP) is 2.25. The van der Waals surface area contributed by atoms with Crippen LogP contribution in [-0.2, 0) is 9.53 Å². The number of hydrogen-bond acceptors (Lipinski definition) is 5. The molecule has 0 spiro atoms. The van der Waals surface area contributed by atoms with Crippen molar-refractivity contribution in [1.82, 2.24) is 15.5 Å². The number of ether oxygens (including phenoxy) is 2. The van der Waals surface area contributed by atoms with Gasteiger partial charge < -0.3 is 25.0 Å². The molecule has 9 heteroatoms. The van der Waals surface area contributed by atoms with E-state index in [1.807, 2.05) is 0 Å². The molecule has 2 aromatic rings. The van der Waals surface area contributed by atoms with Gasteiger partial charge in [-0.05, 0) is 67.3 Å². The topological polar surface area (TPSA) is 97.0 Å². The second-order valence-corrected chi connectivity index (χ2v) is 8.10. The monoisotopic (exact) mass is 471 g/mol. The summed E-state index contributed by atoms with van der Waals surface area (Å²) in [5.41, 5.74) is 0.834. The van der Waals surface area contributed by atoms with Crippen LogP contribution in [-0.4, -0.2) is 69.1 Å². The van der Waals surface area contributed by atoms with Crippen molar-refractivity contribution in [3.05, 3.63) is 65.5 Å². The van der Waals surface area contributed by atoms with Gasteiger partial charge in [0.2, 0.25) is 5.91 Å². The molecule has 1 unspecified atom stereocenters. The molecule has 1 atom stereocenters. The van der Waals surface area contributed by atoms with Gasteiger partial charge in [-0.3, -0.25) is 14.4 Å². The van der Waals surface area contributed by atoms with Gasteiger partial charge in [0.1, 0.15) is 17.6 Å². The Balaban J connectivity index is 1.66. The number of amides is 3. The zero-order valence-electron chi connectivity index (χ0n) is 19.4. The molecule has 34 heavy (non-hydrogen) atoms. The minimum Gasteiger partial charge on any atom is -0.497 e. The van der Waals surface area contributed by atoms with E-state index in [0.29, 0.717) is 56.0 Å². The van der Waals surface area contributed by atoms with Crippen LogP contribution in [0.5, 0.6) is 5.75 Å². The Morgan fingerprint density at radius 1 is 1.00 bits per heavy atom. The van der Waals surface area contributed by atoms with Crippen LogP contribution in [0.2, 0.25) is 0 Å². The number of carbonyl (C=O) groups is 3. The Kier molecular flexibility index (Phi) is 8.98. The molecule has 1 fully saturated rings. The molecule has 3 amide bonds. The molecule has 1 aliphatic heterocycles. The zero-order valence-corrected chi connectivity index (χ0v) is 19.4. The van der Waals surface area contributed by atoms with Crippen molar-refractivity contribution in [3.63, 3.8) is 0 Å². The number of rotatable bonds is 9. The van der Waals surface area contributed by atoms with Crippen molar-refractivity contribution in [3.8, 4) is 5.75 Å². The minimum atomic E-state index is -0.755. The van der Waals surface area contributed by atoms with Gasteiger partial charge in [-0.25, -0.2) is 4.39 Å². The number of nitrogens with zero attached hydrogens (tertiary/aromatic N) is 1. The zero-order chi connectivity index (χ0) is 24.5. The lowest BCUT2D eigenvalue weighted by Crippen LogP contribution is -2.54. The van der Waals surface area contributed by atoms with Crippen LogP contribution in [0.4, 0.5) is 4.39 Å². The molecule has 8 nitrogen and oxygen atoms in total. The molecular weight excluding hydrogens is 441 g/mol. The number of benzene rings is 2. The van der Waals surface area contributed by atoms with Crippen molar-refractivity contribution in [2.75, 3.05) is 40.5 Å². The van der Waals surface area contributed by atoms with Crippen molar-refractivity contribution in [2.24, 2.45) is 5.92 Å². The van der Waals surface area contributed by atoms with Crippen molar-refractivity contribution in [1.29, 1.82) is 0 Å². The third kappa shape index (κ3) is 6.54. The molecule has 0 aromatic heterocycles. The lowest BCUT2D eigenvalue weighted by molar-refractivity contribution is -0.124. The van der Waals surface area contributed by atoms with Crippen LogP contribution in [0.15, 0.2) is 48.5 Å². The summed E-state index contributed by atoms with van der Waals surface area (Å²) in [5.74, 6) is -0.751. The predicted molar refractivity (Wildman–Crippen MR) is 124 cm³/mol. The molecule has 182 valence electrons. The van der Waals surface area contributed by atoms with E-state index < -0.39 is 11.9 Å². The maximum Gasteiger partial charge on any atom is 0.253 e. The van der Waals surface area contributed by atoms with E-state index in [4.69, 9.17) is 9.47 Å². The SMILES string of the molecule is COCCNC(=O)C(NC(=O)c1ccc(OC)cc1)C1CCN(C(=O)c2ccc(F)cc2)CC1. The van der Waals surface area contributed by atoms with Crippen LogP contribution < -0.4 is 15.4 Å². The van der Waals surface area contributed by atoms with Crippen LogP contribution in [0, 0.1) is 11.7 Å². The van der Waals surface area contributed by atoms with E-state index in [1.54, 1.807) is 43.4 Å². The van der Waals surface area contributed by atoms with Crippen molar-refractivity contribution < 1.29 is 28.2 Å². The molecule has 1 aliphatic rings. The average molecular weight is 472 g/mol. The lowest BCUT2D eigenvalue weighted by Gasteiger charge is -2.36. The van der Waals surface area contributed by atoms with E-state index in [2.05, 4.69) is 10.6 Å². The van der Waals surface area contributed by atoms with Crippen molar-refractivity contribution >= 4 is 17.7 Å². The molecule has 1 heterocycles. The molecule has 0 radical (unpaired) electrons. The summed E-state index contributed by atoms with van der Waals surface area (Å²) in [6.45, 7) is 1.55. The number of piperidine rings is 1. The highest BCUT2D eigenvalue weighted by Crippen LogP contribution is 2.23. The lowest BCUT2D eigenvalue weighted by atomic mass is 9.88. The van der Waals surface area contributed by atoms with Gasteiger partial charge >= 0.3 is 0 Å². The molecule has 1 saturated heterocycles. The molecule has 2 aromatic carbocycles. The number of carbonyl (C=O) groups excluding carboxylic acids is 3. The fourth-order valence-corrected chi connectivity index (χ4v) is 3.96. The molecule has 0 bridgehead atoms. The highest BCUT2D eigenvalue weighted by Gasteiger charge is 2.34. The largest absolute Gasteiger partial charge is 0.497 e. The Hall–Kier alpha value is -3.46. The smallest absolute Gasteiger partial charge is 0.253 e. The summed E-state index contributed by atoms with van der Waals surface area (Å²) in [6, 6.07) is 11.3. The number of halogens is 1. The first-order chi connectivity index (χ1) is 16.4. The fourth-order valence-electron chi connectivity index (χ4n) is 3.96. The Labute approximate surface area is 198 Å². The normalized spacial score (nSPS) is 14.9. The van der Waals surface area contributed by atoms with Gasteiger partial charge in [-0.1, -0.05) is 0 Å². The fraction of sp³-hybridized carbons (Fsp3) is 0.400. The van der Waals surface area contributed by atoms with Gasteiger partial charge in [-0.15, -0.1) is 0 Å². The summed E-state index contributed by atoms with van der Waals surface area (Å²) in [5, 5.41) is 5.68. The Morgan fingerprint density at radius 3 is 2.21 bits per heavy atom. The van der Waals surface area contributed by atoms with Crippen LogP contribution >= 0.6 is 0 Å². The highest BCUT2D eigenvalue weighted by molar-refractivity contribution is 5.98. The molecule has 0 aliphatic carbocycles. The van der Waals surface area contributed by atoms with Crippen LogP contribution in [0.1, 0.15) is 33.6 Å². The van der Waals surface area contributed by atoms with E-state index in [1.165, 1.54) is 24.3 Å². The first-order valence-electron chi connectivity index (χ1n) is 11.2. The van der Waals surface area contributed by atoms with Gasteiger partial charge in [0, 0.05) is 37.9 Å². The Morgan fingerprint density at radius 2 is 1.62 bits per heavy atom. The Bertz CT molecular complexity index is 973. The van der Waals surface area contributed by atoms with E-state index in [-0.39, 0.29) is 23.6 Å². The minimum absolute atomic E-state index is 0.151. The maximum atomic E-state index is 13.2. The van der Waals surface area contributed by atoms with E-state index in [0.717, 1.165) is 0 Å². The van der Waals surface area contributed by atoms with E-state index in [9.17, 15) is 18.8 Å². The second-order valence-electron chi connectivity index (χ2n) is 8.10. The summed E-state index contributed by atoms with van der Waals surface area (Å²) in [6.07, 6.45) is 1.08. The first kappa shape index (κ1) is 25.2. The highest BCUT2D eigenvalue weighted by atomic mass is 19.1. The summed E-state index contributed by atoms with van der Waals surface area (Å²) < 4.78 is 23.3. The molecule has 2 N–H and O–H groups in total. The number of hydrogen-bond donors (Lipinski definition) is 2. The molecular formula is C25H30FN3O5. The number of nitrogens with one attached hydrogen (secondary N) is 2. The standard InChI is InChI=1S/C25H30FN3O5/c1-33-16-13-27-24(31)22(28-23(30)18-5-9-21(34-2)10-6-18)17-11-14-29(15-12-17)25(32)19-3-7-20(26)8-4-19/h3-10,17,22H,11-16H2,1-2H3,(H,27,31)(H,28,30). The number of likely N-dealkylation sites (tertiary alicyclic amines) is 1. The first-order valence-corrected chi connectivity index (χ1v) is 11.2. The summed E-state index contributed by atoms with van der Waals surface area (Å²) in [4.78, 5) is 40.2. The summed E-state index contributed by atoms with van der Waals surface area (Å²) >= 11 is 0. The van der Waals surface area contributed by atoms with Gasteiger partial charge in [0.05, 0.1) is 13.7 Å². The molecule has 0 saturated carbocycles. The van der Waals surface area contributed by atoms with Gasteiger partial charge in [0.15, 0.2) is 0 Å². The number of methoxy groups -OCH3 is 2. The third-order valence-electron chi connectivity index (χ3n) is 5.92. The van der Waals surface area contributed by atoms with Crippen LogP contribution in [0.25, 0.3) is 0 Å². The van der Waals surface area contributed by atoms with Gasteiger partial charge in [0.25, 0.3) is 11.8 Å². The van der Waals surface area contributed by atoms with Crippen molar-refractivity contribution in [2.45, 2.75) is 18.9 Å². The quantitative estimate of drug-likeness (QED) is 0.547. The van der Waals surface area contributed by atoms with E-state index >= 15 is 0 Å². The third-order valence-corrected chi connectivity index (χ3v) is 5.92. The second kappa shape index (κ2) is 12.1. The maximum absolute atomic E-state index is 13.2. The van der Waals surface area contributed by atoms with Crippen LogP contribution in [0.3, 0.4) is 0 Å². The molecule has 3 rings (SSSR count). The van der Waals surface area contributed by atoms with Gasteiger partial charge in [-0.2, -0.15) is 0 Å². The average Bonchev–Trinajstić information content (AvgIpc) is 2.87.